The van der Waals surface area contributed by atoms with Gasteiger partial charge in [-0.2, -0.15) is 0 Å². The molecule has 1 heterocycles. The number of carbonyl (C=O) groups is 2. The zero-order valence-electron chi connectivity index (χ0n) is 17.4. The fraction of sp³-hybridized carbons (Fsp3) is 0.417. The first-order valence-electron chi connectivity index (χ1n) is 10.7. The molecule has 164 valence electrons. The second-order valence-corrected chi connectivity index (χ2v) is 8.35. The van der Waals surface area contributed by atoms with Crippen molar-refractivity contribution in [2.24, 2.45) is 11.7 Å². The van der Waals surface area contributed by atoms with Crippen LogP contribution >= 0.6 is 0 Å². The third-order valence-electron chi connectivity index (χ3n) is 6.37. The van der Waals surface area contributed by atoms with E-state index >= 15 is 0 Å². The lowest BCUT2D eigenvalue weighted by atomic mass is 9.68. The van der Waals surface area contributed by atoms with Gasteiger partial charge in [-0.25, -0.2) is 4.39 Å². The minimum Gasteiger partial charge on any atom is -0.454 e. The van der Waals surface area contributed by atoms with Gasteiger partial charge in [-0.1, -0.05) is 37.5 Å². The third-order valence-corrected chi connectivity index (χ3v) is 6.37. The predicted octanol–water partition coefficient (Wildman–Crippen LogP) is 3.22. The van der Waals surface area contributed by atoms with E-state index in [0.717, 1.165) is 43.2 Å². The maximum absolute atomic E-state index is 13.5. The highest BCUT2D eigenvalue weighted by Gasteiger charge is 2.42. The first-order valence-corrected chi connectivity index (χ1v) is 10.7. The maximum atomic E-state index is 13.5. The lowest BCUT2D eigenvalue weighted by Gasteiger charge is -2.36. The average molecular weight is 426 g/mol. The second kappa shape index (κ2) is 8.96. The second-order valence-electron chi connectivity index (χ2n) is 8.35. The summed E-state index contributed by atoms with van der Waals surface area (Å²) in [6.45, 7) is 0.319. The zero-order chi connectivity index (χ0) is 21.8. The Hall–Kier alpha value is -3.09. The third kappa shape index (κ3) is 4.50. The van der Waals surface area contributed by atoms with E-state index in [1.807, 2.05) is 18.2 Å². The van der Waals surface area contributed by atoms with Crippen LogP contribution < -0.4 is 20.5 Å². The molecule has 0 aromatic heterocycles. The Morgan fingerprint density at radius 2 is 1.74 bits per heavy atom. The number of rotatable bonds is 7. The van der Waals surface area contributed by atoms with E-state index in [1.165, 1.54) is 12.1 Å². The molecule has 6 nitrogen and oxygen atoms in total. The van der Waals surface area contributed by atoms with Crippen LogP contribution in [0.25, 0.3) is 0 Å². The highest BCUT2D eigenvalue weighted by atomic mass is 19.1. The summed E-state index contributed by atoms with van der Waals surface area (Å²) in [6.07, 6.45) is 4.81. The minimum absolute atomic E-state index is 0.101. The molecular formula is C24H27FN2O4. The van der Waals surface area contributed by atoms with Crippen molar-refractivity contribution in [3.63, 3.8) is 0 Å². The number of nitrogens with one attached hydrogen (secondary N) is 1. The smallest absolute Gasteiger partial charge is 0.231 e. The fourth-order valence-corrected chi connectivity index (χ4v) is 4.56. The van der Waals surface area contributed by atoms with Gasteiger partial charge >= 0.3 is 0 Å². The van der Waals surface area contributed by atoms with Crippen molar-refractivity contribution in [1.82, 2.24) is 5.32 Å². The number of hydrogen-bond donors (Lipinski definition) is 2. The Morgan fingerprint density at radius 1 is 1.03 bits per heavy atom. The summed E-state index contributed by atoms with van der Waals surface area (Å²) in [5.41, 5.74) is 6.62. The molecule has 3 N–H and O–H groups in total. The molecule has 2 amide bonds. The van der Waals surface area contributed by atoms with Crippen molar-refractivity contribution in [2.75, 3.05) is 13.3 Å². The van der Waals surface area contributed by atoms with Gasteiger partial charge in [0.1, 0.15) is 5.82 Å². The topological polar surface area (TPSA) is 90.7 Å². The number of fused-ring (bicyclic) bond motifs is 1. The molecule has 31 heavy (non-hydrogen) atoms. The minimum atomic E-state index is -0.669. The Bertz CT molecular complexity index is 955. The quantitative estimate of drug-likeness (QED) is 0.711. The van der Waals surface area contributed by atoms with Gasteiger partial charge in [0.25, 0.3) is 0 Å². The number of hydrogen-bond acceptors (Lipinski definition) is 4. The summed E-state index contributed by atoms with van der Waals surface area (Å²) >= 11 is 0. The molecule has 1 fully saturated rings. The summed E-state index contributed by atoms with van der Waals surface area (Å²) in [5, 5.41) is 2.99. The normalized spacial score (nSPS) is 17.7. The van der Waals surface area contributed by atoms with E-state index in [4.69, 9.17) is 15.2 Å². The number of primary amides is 1. The summed E-state index contributed by atoms with van der Waals surface area (Å²) in [6, 6.07) is 11.6. The molecule has 2 aromatic rings. The molecule has 0 bridgehead atoms. The number of ether oxygens (including phenoxy) is 2. The molecule has 1 aliphatic heterocycles. The first kappa shape index (κ1) is 21.2. The summed E-state index contributed by atoms with van der Waals surface area (Å²) in [7, 11) is 0. The molecule has 2 aromatic carbocycles. The van der Waals surface area contributed by atoms with Crippen molar-refractivity contribution < 1.29 is 23.5 Å². The zero-order valence-corrected chi connectivity index (χ0v) is 17.4. The van der Waals surface area contributed by atoms with Crippen LogP contribution in [-0.2, 0) is 21.4 Å². The number of amides is 2. The number of halogens is 1. The molecule has 1 aliphatic carbocycles. The Morgan fingerprint density at radius 3 is 2.45 bits per heavy atom. The number of benzene rings is 2. The van der Waals surface area contributed by atoms with Crippen LogP contribution in [-0.4, -0.2) is 25.2 Å². The van der Waals surface area contributed by atoms with Crippen molar-refractivity contribution in [3.05, 3.63) is 59.4 Å². The maximum Gasteiger partial charge on any atom is 0.231 e. The van der Waals surface area contributed by atoms with Crippen LogP contribution in [0, 0.1) is 11.7 Å². The van der Waals surface area contributed by atoms with Crippen molar-refractivity contribution >= 4 is 11.8 Å². The molecule has 0 radical (unpaired) electrons. The van der Waals surface area contributed by atoms with Gasteiger partial charge in [-0.15, -0.1) is 0 Å². The van der Waals surface area contributed by atoms with Gasteiger partial charge in [0.05, 0.1) is 11.3 Å². The van der Waals surface area contributed by atoms with Crippen LogP contribution in [0.5, 0.6) is 11.5 Å². The van der Waals surface area contributed by atoms with Gasteiger partial charge in [0, 0.05) is 6.54 Å². The van der Waals surface area contributed by atoms with Gasteiger partial charge in [-0.3, -0.25) is 9.59 Å². The summed E-state index contributed by atoms with van der Waals surface area (Å²) in [5.74, 6) is -0.172. The van der Waals surface area contributed by atoms with Crippen molar-refractivity contribution in [3.8, 4) is 11.5 Å². The number of carbonyl (C=O) groups excluding carboxylic acids is 2. The molecule has 7 heteroatoms. The van der Waals surface area contributed by atoms with Crippen molar-refractivity contribution in [1.29, 1.82) is 0 Å². The highest BCUT2D eigenvalue weighted by Crippen LogP contribution is 2.43. The molecule has 0 saturated heterocycles. The number of nitrogens with two attached hydrogens (primary N) is 1. The van der Waals surface area contributed by atoms with Crippen LogP contribution in [0.2, 0.25) is 0 Å². The molecule has 0 spiro atoms. The molecule has 1 saturated carbocycles. The molecule has 4 rings (SSSR count). The summed E-state index contributed by atoms with van der Waals surface area (Å²) in [4.78, 5) is 25.5. The van der Waals surface area contributed by atoms with E-state index in [-0.39, 0.29) is 25.1 Å². The monoisotopic (exact) mass is 426 g/mol. The molecule has 1 unspecified atom stereocenters. The van der Waals surface area contributed by atoms with Crippen LogP contribution in [0.15, 0.2) is 42.5 Å². The van der Waals surface area contributed by atoms with E-state index < -0.39 is 17.2 Å². The van der Waals surface area contributed by atoms with Gasteiger partial charge in [0.15, 0.2) is 11.5 Å². The molecular weight excluding hydrogens is 399 g/mol. The van der Waals surface area contributed by atoms with Gasteiger partial charge in [0.2, 0.25) is 18.6 Å². The highest BCUT2D eigenvalue weighted by molar-refractivity contribution is 5.89. The first-order chi connectivity index (χ1) is 15.0. The summed E-state index contributed by atoms with van der Waals surface area (Å²) < 4.78 is 24.1. The van der Waals surface area contributed by atoms with Gasteiger partial charge < -0.3 is 20.5 Å². The van der Waals surface area contributed by atoms with E-state index in [1.54, 1.807) is 12.1 Å². The van der Waals surface area contributed by atoms with Crippen LogP contribution in [0.3, 0.4) is 0 Å². The fourth-order valence-electron chi connectivity index (χ4n) is 4.56. The molecule has 1 atom stereocenters. The van der Waals surface area contributed by atoms with E-state index in [2.05, 4.69) is 5.32 Å². The Kier molecular flexibility index (Phi) is 6.11. The molecule has 2 aliphatic rings. The van der Waals surface area contributed by atoms with Gasteiger partial charge in [-0.05, 0) is 54.7 Å². The van der Waals surface area contributed by atoms with E-state index in [0.29, 0.717) is 17.9 Å². The Labute approximate surface area is 180 Å². The lowest BCUT2D eigenvalue weighted by Crippen LogP contribution is -2.48. The largest absolute Gasteiger partial charge is 0.454 e. The van der Waals surface area contributed by atoms with E-state index in [9.17, 15) is 14.0 Å². The SMILES string of the molecule is NC(=O)C(CNC(=O)C1(c2ccc3c(c2)OCO3)CCCCC1)Cc1ccc(F)cc1. The van der Waals surface area contributed by atoms with Crippen LogP contribution in [0.1, 0.15) is 43.2 Å². The standard InChI is InChI=1S/C24H27FN2O4/c25-19-7-4-16(5-8-19)12-17(22(26)28)14-27-23(29)24(10-2-1-3-11-24)18-6-9-20-21(13-18)31-15-30-20/h4-9,13,17H,1-3,10-12,14-15H2,(H2,26,28)(H,27,29). The lowest BCUT2D eigenvalue weighted by molar-refractivity contribution is -0.128. The predicted molar refractivity (Wildman–Crippen MR) is 113 cm³/mol. The Balaban J connectivity index is 1.50. The average Bonchev–Trinajstić information content (AvgIpc) is 3.26. The van der Waals surface area contributed by atoms with Crippen LogP contribution in [0.4, 0.5) is 4.39 Å². The van der Waals surface area contributed by atoms with Crippen molar-refractivity contribution in [2.45, 2.75) is 43.9 Å².